The number of ether oxygens (including phenoxy) is 1. The van der Waals surface area contributed by atoms with Crippen LogP contribution in [0, 0.1) is 0 Å². The lowest BCUT2D eigenvalue weighted by molar-refractivity contribution is -0.150. The molecule has 0 fully saturated rings. The van der Waals surface area contributed by atoms with Gasteiger partial charge in [-0.05, 0) is 82.8 Å². The number of benzene rings is 2. The lowest BCUT2D eigenvalue weighted by Crippen LogP contribution is -2.44. The van der Waals surface area contributed by atoms with E-state index >= 15 is 0 Å². The van der Waals surface area contributed by atoms with Gasteiger partial charge in [0.25, 0.3) is 17.7 Å². The third-order valence-electron chi connectivity index (χ3n) is 4.43. The number of hydrogen-bond acceptors (Lipinski definition) is 5. The summed E-state index contributed by atoms with van der Waals surface area (Å²) in [6, 6.07) is 3.40. The SMILES string of the molecule is CC(C(=O)OCC(=O)Nc1cccc(Cl)c1Cl)N1C(=O)c2c(Br)c(Br)c(Br)c(Br)c2C1=O. The van der Waals surface area contributed by atoms with E-state index in [1.165, 1.54) is 13.0 Å². The number of anilines is 1. The molecule has 2 aromatic carbocycles. The minimum Gasteiger partial charge on any atom is -0.454 e. The van der Waals surface area contributed by atoms with Gasteiger partial charge in [-0.15, -0.1) is 0 Å². The molecule has 1 aliphatic rings. The van der Waals surface area contributed by atoms with Crippen LogP contribution in [0.3, 0.4) is 0 Å². The van der Waals surface area contributed by atoms with Gasteiger partial charge in [0.1, 0.15) is 6.04 Å². The zero-order valence-corrected chi connectivity index (χ0v) is 23.6. The predicted octanol–water partition coefficient (Wildman–Crippen LogP) is 6.21. The third kappa shape index (κ3) is 4.65. The molecule has 0 aromatic heterocycles. The molecule has 0 bridgehead atoms. The minimum atomic E-state index is -1.28. The van der Waals surface area contributed by atoms with E-state index in [1.54, 1.807) is 12.1 Å². The summed E-state index contributed by atoms with van der Waals surface area (Å²) in [5.74, 6) is -2.96. The standard InChI is InChI=1S/C19H10Br4Cl2N2O5/c1-6(19(31)32-5-9(28)26-8-4-2-3-7(24)16(8)25)27-17(29)10-11(18(27)30)13(21)15(23)14(22)12(10)20/h2-4,6H,5H2,1H3,(H,26,28). The molecule has 32 heavy (non-hydrogen) atoms. The first-order valence-electron chi connectivity index (χ1n) is 8.61. The van der Waals surface area contributed by atoms with Gasteiger partial charge < -0.3 is 10.1 Å². The first-order chi connectivity index (χ1) is 15.0. The van der Waals surface area contributed by atoms with E-state index in [4.69, 9.17) is 27.9 Å². The van der Waals surface area contributed by atoms with Gasteiger partial charge in [-0.2, -0.15) is 0 Å². The summed E-state index contributed by atoms with van der Waals surface area (Å²) in [5, 5.41) is 2.86. The molecule has 1 unspecified atom stereocenters. The number of carbonyl (C=O) groups is 4. The summed E-state index contributed by atoms with van der Waals surface area (Å²) < 4.78 is 6.79. The zero-order chi connectivity index (χ0) is 23.9. The van der Waals surface area contributed by atoms with E-state index in [2.05, 4.69) is 69.0 Å². The van der Waals surface area contributed by atoms with E-state index in [9.17, 15) is 19.2 Å². The number of fused-ring (bicyclic) bond motifs is 1. The van der Waals surface area contributed by atoms with Crippen molar-refractivity contribution in [3.63, 3.8) is 0 Å². The van der Waals surface area contributed by atoms with Gasteiger partial charge in [0.2, 0.25) is 0 Å². The van der Waals surface area contributed by atoms with Crippen molar-refractivity contribution < 1.29 is 23.9 Å². The van der Waals surface area contributed by atoms with Crippen LogP contribution >= 0.6 is 86.9 Å². The molecular formula is C19H10Br4Cl2N2O5. The molecule has 2 aromatic rings. The van der Waals surface area contributed by atoms with E-state index in [-0.39, 0.29) is 26.9 Å². The smallest absolute Gasteiger partial charge is 0.329 e. The molecule has 0 radical (unpaired) electrons. The van der Waals surface area contributed by atoms with Gasteiger partial charge in [-0.25, -0.2) is 4.79 Å². The van der Waals surface area contributed by atoms with Crippen LogP contribution in [0.15, 0.2) is 36.1 Å². The molecule has 0 saturated heterocycles. The first kappa shape index (κ1) is 25.6. The number of amides is 3. The normalized spacial score (nSPS) is 13.8. The van der Waals surface area contributed by atoms with Gasteiger partial charge in [0.05, 0.1) is 26.9 Å². The number of rotatable bonds is 5. The van der Waals surface area contributed by atoms with Crippen molar-refractivity contribution in [2.24, 2.45) is 0 Å². The lowest BCUT2D eigenvalue weighted by Gasteiger charge is -2.21. The fourth-order valence-electron chi connectivity index (χ4n) is 2.87. The fraction of sp³-hybridized carbons (Fsp3) is 0.158. The van der Waals surface area contributed by atoms with Crippen molar-refractivity contribution in [3.05, 3.63) is 57.3 Å². The van der Waals surface area contributed by atoms with Crippen molar-refractivity contribution in [3.8, 4) is 0 Å². The summed E-state index contributed by atoms with van der Waals surface area (Å²) in [5.41, 5.74) is 0.453. The van der Waals surface area contributed by atoms with Gasteiger partial charge in [0, 0.05) is 17.9 Å². The Kier molecular flexibility index (Phi) is 8.10. The van der Waals surface area contributed by atoms with E-state index in [0.29, 0.717) is 17.9 Å². The Hall–Kier alpha value is -0.980. The molecule has 7 nitrogen and oxygen atoms in total. The maximum absolute atomic E-state index is 12.9. The molecule has 13 heteroatoms. The molecule has 1 atom stereocenters. The molecule has 168 valence electrons. The average Bonchev–Trinajstić information content (AvgIpc) is 3.01. The van der Waals surface area contributed by atoms with Crippen molar-refractivity contribution in [2.75, 3.05) is 11.9 Å². The van der Waals surface area contributed by atoms with Crippen LogP contribution in [0.5, 0.6) is 0 Å². The van der Waals surface area contributed by atoms with E-state index in [0.717, 1.165) is 4.90 Å². The quantitative estimate of drug-likeness (QED) is 0.171. The number of hydrogen-bond donors (Lipinski definition) is 1. The van der Waals surface area contributed by atoms with E-state index < -0.39 is 36.3 Å². The van der Waals surface area contributed by atoms with Crippen LogP contribution in [0.1, 0.15) is 27.6 Å². The van der Waals surface area contributed by atoms with Crippen molar-refractivity contribution >= 4 is 116 Å². The van der Waals surface area contributed by atoms with Gasteiger partial charge >= 0.3 is 5.97 Å². The Labute approximate surface area is 225 Å². The first-order valence-corrected chi connectivity index (χ1v) is 12.5. The topological polar surface area (TPSA) is 92.8 Å². The van der Waals surface area contributed by atoms with Crippen molar-refractivity contribution in [2.45, 2.75) is 13.0 Å². The maximum atomic E-state index is 12.9. The zero-order valence-electron chi connectivity index (χ0n) is 15.8. The number of esters is 1. The number of nitrogens with one attached hydrogen (secondary N) is 1. The molecule has 3 amide bonds. The number of halogens is 6. The van der Waals surface area contributed by atoms with Crippen LogP contribution in [-0.4, -0.2) is 41.2 Å². The molecule has 0 spiro atoms. The Bertz CT molecular complexity index is 1140. The highest BCUT2D eigenvalue weighted by molar-refractivity contribution is 9.15. The number of imide groups is 1. The van der Waals surface area contributed by atoms with Crippen LogP contribution in [0.2, 0.25) is 10.0 Å². The molecule has 0 aliphatic carbocycles. The van der Waals surface area contributed by atoms with Crippen LogP contribution in [0.4, 0.5) is 5.69 Å². The summed E-state index contributed by atoms with van der Waals surface area (Å²) in [6.07, 6.45) is 0. The molecule has 1 aliphatic heterocycles. The molecule has 3 rings (SSSR count). The summed E-state index contributed by atoms with van der Waals surface area (Å²) >= 11 is 25.2. The van der Waals surface area contributed by atoms with E-state index in [1.807, 2.05) is 0 Å². The predicted molar refractivity (Wildman–Crippen MR) is 133 cm³/mol. The largest absolute Gasteiger partial charge is 0.454 e. The Morgan fingerprint density at radius 2 is 1.53 bits per heavy atom. The maximum Gasteiger partial charge on any atom is 0.329 e. The molecule has 1 N–H and O–H groups in total. The summed E-state index contributed by atoms with van der Waals surface area (Å²) in [6.45, 7) is 0.682. The molecular weight excluding hydrogens is 727 g/mol. The average molecular weight is 737 g/mol. The fourth-order valence-corrected chi connectivity index (χ4v) is 5.67. The highest BCUT2D eigenvalue weighted by Gasteiger charge is 2.45. The molecule has 1 heterocycles. The Balaban J connectivity index is 1.72. The lowest BCUT2D eigenvalue weighted by atomic mass is 10.1. The van der Waals surface area contributed by atoms with Crippen LogP contribution < -0.4 is 5.32 Å². The highest BCUT2D eigenvalue weighted by atomic mass is 79.9. The Morgan fingerprint density at radius 3 is 2.06 bits per heavy atom. The number of carbonyl (C=O) groups excluding carboxylic acids is 4. The second-order valence-corrected chi connectivity index (χ2v) is 10.4. The van der Waals surface area contributed by atoms with Crippen molar-refractivity contribution in [1.82, 2.24) is 4.90 Å². The minimum absolute atomic E-state index is 0.102. The second kappa shape index (κ2) is 10.1. The van der Waals surface area contributed by atoms with Gasteiger partial charge in [-0.1, -0.05) is 29.3 Å². The summed E-state index contributed by atoms with van der Waals surface area (Å²) in [7, 11) is 0. The van der Waals surface area contributed by atoms with Crippen LogP contribution in [0.25, 0.3) is 0 Å². The third-order valence-corrected chi connectivity index (χ3v) is 10.0. The highest BCUT2D eigenvalue weighted by Crippen LogP contribution is 2.45. The van der Waals surface area contributed by atoms with Crippen LogP contribution in [-0.2, 0) is 14.3 Å². The second-order valence-electron chi connectivity index (χ2n) is 6.42. The summed E-state index contributed by atoms with van der Waals surface area (Å²) in [4.78, 5) is 51.3. The molecule has 0 saturated carbocycles. The van der Waals surface area contributed by atoms with Crippen molar-refractivity contribution in [1.29, 1.82) is 0 Å². The Morgan fingerprint density at radius 1 is 1.00 bits per heavy atom. The number of nitrogens with zero attached hydrogens (tertiary/aromatic N) is 1. The van der Waals surface area contributed by atoms with Gasteiger partial charge in [0.15, 0.2) is 6.61 Å². The monoisotopic (exact) mass is 732 g/mol. The van der Waals surface area contributed by atoms with Gasteiger partial charge in [-0.3, -0.25) is 19.3 Å².